The minimum absolute atomic E-state index is 0.222. The van der Waals surface area contributed by atoms with Gasteiger partial charge in [-0.25, -0.2) is 0 Å². The highest BCUT2D eigenvalue weighted by atomic mass is 79.9. The maximum atomic E-state index is 11.9. The van der Waals surface area contributed by atoms with Gasteiger partial charge in [0.05, 0.1) is 25.1 Å². The molecule has 0 atom stereocenters. The number of nitrogens with one attached hydrogen (secondary N) is 1. The zero-order valence-electron chi connectivity index (χ0n) is 8.54. The van der Waals surface area contributed by atoms with Gasteiger partial charge in [0.2, 0.25) is 0 Å². The smallest absolute Gasteiger partial charge is 0.265 e. The van der Waals surface area contributed by atoms with Gasteiger partial charge in [0.15, 0.2) is 0 Å². The molecule has 1 amide bonds. The Morgan fingerprint density at radius 3 is 2.71 bits per heavy atom. The number of carbonyl (C=O) groups is 1. The van der Waals surface area contributed by atoms with E-state index in [1.807, 2.05) is 6.07 Å². The zero-order chi connectivity index (χ0) is 12.4. The minimum Gasteiger partial charge on any atom is -0.397 e. The van der Waals surface area contributed by atoms with Crippen molar-refractivity contribution in [2.75, 3.05) is 11.1 Å². The monoisotopic (exact) mass is 330 g/mol. The van der Waals surface area contributed by atoms with Crippen LogP contribution in [0.3, 0.4) is 0 Å². The summed E-state index contributed by atoms with van der Waals surface area (Å²) in [6.45, 7) is 0. The average Bonchev–Trinajstić information content (AvgIpc) is 2.70. The predicted octanol–water partition coefficient (Wildman–Crippen LogP) is 4.00. The van der Waals surface area contributed by atoms with Crippen LogP contribution in [0.5, 0.6) is 0 Å². The Bertz CT molecular complexity index is 550. The Hall–Kier alpha value is -1.04. The Morgan fingerprint density at radius 2 is 2.12 bits per heavy atom. The molecule has 3 nitrogen and oxygen atoms in total. The largest absolute Gasteiger partial charge is 0.397 e. The van der Waals surface area contributed by atoms with E-state index in [2.05, 4.69) is 21.2 Å². The second kappa shape index (κ2) is 5.08. The molecule has 6 heteroatoms. The number of amides is 1. The molecular weight excluding hydrogens is 324 g/mol. The molecule has 0 saturated carbocycles. The maximum Gasteiger partial charge on any atom is 0.265 e. The number of thiophene rings is 1. The number of benzene rings is 1. The summed E-state index contributed by atoms with van der Waals surface area (Å²) in [6, 6.07) is 8.64. The van der Waals surface area contributed by atoms with Crippen molar-refractivity contribution in [3.05, 3.63) is 44.0 Å². The van der Waals surface area contributed by atoms with Gasteiger partial charge in [0.1, 0.15) is 0 Å². The molecule has 1 aromatic carbocycles. The molecule has 0 aliphatic carbocycles. The molecule has 0 fully saturated rings. The summed E-state index contributed by atoms with van der Waals surface area (Å²) in [6.07, 6.45) is 0. The molecule has 0 saturated heterocycles. The van der Waals surface area contributed by atoms with Gasteiger partial charge in [-0.1, -0.05) is 17.7 Å². The van der Waals surface area contributed by atoms with E-state index >= 15 is 0 Å². The number of para-hydroxylation sites is 1. The van der Waals surface area contributed by atoms with Gasteiger partial charge in [0, 0.05) is 0 Å². The van der Waals surface area contributed by atoms with Crippen LogP contribution in [-0.4, -0.2) is 5.91 Å². The third-order valence-electron chi connectivity index (χ3n) is 2.08. The van der Waals surface area contributed by atoms with Crippen LogP contribution in [-0.2, 0) is 0 Å². The molecule has 17 heavy (non-hydrogen) atoms. The normalized spacial score (nSPS) is 10.2. The van der Waals surface area contributed by atoms with Crippen molar-refractivity contribution in [3.8, 4) is 0 Å². The number of hydrogen-bond donors (Lipinski definition) is 2. The fraction of sp³-hybridized carbons (Fsp3) is 0. The number of hydrogen-bond acceptors (Lipinski definition) is 3. The van der Waals surface area contributed by atoms with E-state index in [4.69, 9.17) is 17.3 Å². The van der Waals surface area contributed by atoms with E-state index in [1.165, 1.54) is 11.3 Å². The molecule has 2 rings (SSSR count). The van der Waals surface area contributed by atoms with Crippen LogP contribution in [0.2, 0.25) is 5.02 Å². The van der Waals surface area contributed by atoms with Crippen molar-refractivity contribution in [2.24, 2.45) is 0 Å². The highest BCUT2D eigenvalue weighted by Gasteiger charge is 2.12. The fourth-order valence-electron chi connectivity index (χ4n) is 1.28. The Kier molecular flexibility index (Phi) is 3.71. The van der Waals surface area contributed by atoms with E-state index in [0.717, 1.165) is 3.79 Å². The third kappa shape index (κ3) is 2.80. The zero-order valence-corrected chi connectivity index (χ0v) is 11.7. The first kappa shape index (κ1) is 12.4. The summed E-state index contributed by atoms with van der Waals surface area (Å²) in [5, 5.41) is 3.13. The minimum atomic E-state index is -0.222. The van der Waals surface area contributed by atoms with E-state index in [0.29, 0.717) is 21.3 Å². The summed E-state index contributed by atoms with van der Waals surface area (Å²) < 4.78 is 0.898. The second-order valence-electron chi connectivity index (χ2n) is 3.26. The van der Waals surface area contributed by atoms with Gasteiger partial charge in [-0.15, -0.1) is 11.3 Å². The number of halogens is 2. The van der Waals surface area contributed by atoms with E-state index in [9.17, 15) is 4.79 Å². The van der Waals surface area contributed by atoms with Crippen LogP contribution in [0.4, 0.5) is 11.4 Å². The van der Waals surface area contributed by atoms with Crippen molar-refractivity contribution >= 4 is 56.1 Å². The van der Waals surface area contributed by atoms with Crippen LogP contribution < -0.4 is 11.1 Å². The molecule has 0 radical (unpaired) electrons. The molecule has 0 spiro atoms. The van der Waals surface area contributed by atoms with E-state index in [1.54, 1.807) is 24.3 Å². The first-order valence-electron chi connectivity index (χ1n) is 4.68. The summed E-state index contributed by atoms with van der Waals surface area (Å²) in [5.74, 6) is -0.222. The van der Waals surface area contributed by atoms with E-state index < -0.39 is 0 Å². The lowest BCUT2D eigenvalue weighted by atomic mass is 10.2. The highest BCUT2D eigenvalue weighted by molar-refractivity contribution is 9.11. The summed E-state index contributed by atoms with van der Waals surface area (Å²) >= 11 is 10.6. The lowest BCUT2D eigenvalue weighted by Gasteiger charge is -2.08. The lowest BCUT2D eigenvalue weighted by molar-refractivity contribution is 0.103. The molecule has 0 aliphatic rings. The van der Waals surface area contributed by atoms with Crippen molar-refractivity contribution in [3.63, 3.8) is 0 Å². The van der Waals surface area contributed by atoms with Gasteiger partial charge < -0.3 is 11.1 Å². The number of carbonyl (C=O) groups excluding carboxylic acids is 1. The molecule has 2 aromatic rings. The number of nitrogens with two attached hydrogens (primary N) is 1. The van der Waals surface area contributed by atoms with Crippen molar-refractivity contribution < 1.29 is 4.79 Å². The van der Waals surface area contributed by atoms with Crippen LogP contribution >= 0.6 is 38.9 Å². The first-order chi connectivity index (χ1) is 8.08. The van der Waals surface area contributed by atoms with Gasteiger partial charge in [-0.2, -0.15) is 0 Å². The Balaban J connectivity index is 2.24. The van der Waals surface area contributed by atoms with Crippen molar-refractivity contribution in [1.29, 1.82) is 0 Å². The molecule has 1 heterocycles. The van der Waals surface area contributed by atoms with Gasteiger partial charge in [-0.05, 0) is 40.2 Å². The standard InChI is InChI=1S/C11H8BrClN2OS/c12-9-5-4-8(17-9)11(16)15-10-6(13)2-1-3-7(10)14/h1-5H,14H2,(H,15,16). The molecular formula is C11H8BrClN2OS. The van der Waals surface area contributed by atoms with Crippen molar-refractivity contribution in [2.45, 2.75) is 0 Å². The molecule has 1 aromatic heterocycles. The highest BCUT2D eigenvalue weighted by Crippen LogP contribution is 2.29. The third-order valence-corrected chi connectivity index (χ3v) is 4.02. The number of nitrogen functional groups attached to an aromatic ring is 1. The molecule has 0 unspecified atom stereocenters. The molecule has 88 valence electrons. The first-order valence-corrected chi connectivity index (χ1v) is 6.67. The molecule has 3 N–H and O–H groups in total. The average molecular weight is 332 g/mol. The van der Waals surface area contributed by atoms with Gasteiger partial charge in [0.25, 0.3) is 5.91 Å². The molecule has 0 bridgehead atoms. The topological polar surface area (TPSA) is 55.1 Å². The van der Waals surface area contributed by atoms with E-state index in [-0.39, 0.29) is 5.91 Å². The van der Waals surface area contributed by atoms with Crippen LogP contribution in [0.1, 0.15) is 9.67 Å². The Morgan fingerprint density at radius 1 is 1.35 bits per heavy atom. The fourth-order valence-corrected chi connectivity index (χ4v) is 2.79. The maximum absolute atomic E-state index is 11.9. The summed E-state index contributed by atoms with van der Waals surface area (Å²) in [7, 11) is 0. The number of rotatable bonds is 2. The molecule has 0 aliphatic heterocycles. The van der Waals surface area contributed by atoms with Crippen LogP contribution in [0.15, 0.2) is 34.1 Å². The SMILES string of the molecule is Nc1cccc(Cl)c1NC(=O)c1ccc(Br)s1. The number of anilines is 2. The van der Waals surface area contributed by atoms with Gasteiger partial charge in [-0.3, -0.25) is 4.79 Å². The van der Waals surface area contributed by atoms with Crippen LogP contribution in [0, 0.1) is 0 Å². The summed E-state index contributed by atoms with van der Waals surface area (Å²) in [5.41, 5.74) is 6.64. The quantitative estimate of drug-likeness (QED) is 0.817. The summed E-state index contributed by atoms with van der Waals surface area (Å²) in [4.78, 5) is 12.5. The predicted molar refractivity (Wildman–Crippen MR) is 75.8 cm³/mol. The second-order valence-corrected chi connectivity index (χ2v) is 6.13. The Labute approximate surface area is 116 Å². The van der Waals surface area contributed by atoms with Gasteiger partial charge >= 0.3 is 0 Å². The van der Waals surface area contributed by atoms with Crippen molar-refractivity contribution in [1.82, 2.24) is 0 Å². The van der Waals surface area contributed by atoms with Crippen LogP contribution in [0.25, 0.3) is 0 Å². The lowest BCUT2D eigenvalue weighted by Crippen LogP contribution is -2.12.